The molecule has 0 bridgehead atoms. The number of rotatable bonds is 6. The second kappa shape index (κ2) is 9.74. The van der Waals surface area contributed by atoms with Gasteiger partial charge in [0.1, 0.15) is 17.3 Å². The first kappa shape index (κ1) is 22.3. The molecule has 10 heteroatoms. The fourth-order valence-electron chi connectivity index (χ4n) is 3.77. The molecule has 1 aromatic carbocycles. The molecular formula is C22H27BrN6O3. The SMILES string of the molecule is CCn1cc(C(O)c2cn(C)nc2Br)c(N2CCN(C(=O)OCc3ccccc3)CC2)n1. The van der Waals surface area contributed by atoms with Gasteiger partial charge in [-0.1, -0.05) is 30.3 Å². The van der Waals surface area contributed by atoms with Crippen LogP contribution in [0.4, 0.5) is 10.6 Å². The third kappa shape index (κ3) is 4.81. The molecule has 0 saturated carbocycles. The lowest BCUT2D eigenvalue weighted by Gasteiger charge is -2.35. The molecule has 1 N–H and O–H groups in total. The minimum atomic E-state index is -0.859. The smallest absolute Gasteiger partial charge is 0.410 e. The average molecular weight is 503 g/mol. The van der Waals surface area contributed by atoms with Crippen molar-refractivity contribution in [1.29, 1.82) is 0 Å². The van der Waals surface area contributed by atoms with Crippen molar-refractivity contribution in [3.63, 3.8) is 0 Å². The van der Waals surface area contributed by atoms with Crippen LogP contribution in [0, 0.1) is 0 Å². The highest BCUT2D eigenvalue weighted by Gasteiger charge is 2.29. The number of carbonyl (C=O) groups is 1. The minimum Gasteiger partial charge on any atom is -0.445 e. The van der Waals surface area contributed by atoms with E-state index in [4.69, 9.17) is 4.74 Å². The fourth-order valence-corrected chi connectivity index (χ4v) is 4.34. The summed E-state index contributed by atoms with van der Waals surface area (Å²) in [6.45, 7) is 5.23. The Kier molecular flexibility index (Phi) is 6.80. The van der Waals surface area contributed by atoms with E-state index >= 15 is 0 Å². The zero-order valence-electron chi connectivity index (χ0n) is 18.2. The Morgan fingerprint density at radius 1 is 1.12 bits per heavy atom. The Bertz CT molecular complexity index is 1060. The number of aliphatic hydroxyl groups is 1. The quantitative estimate of drug-likeness (QED) is 0.557. The summed E-state index contributed by atoms with van der Waals surface area (Å²) in [4.78, 5) is 16.3. The Hall–Kier alpha value is -2.85. The van der Waals surface area contributed by atoms with E-state index in [1.165, 1.54) is 0 Å². The normalized spacial score (nSPS) is 15.1. The molecular weight excluding hydrogens is 476 g/mol. The number of nitrogens with zero attached hydrogens (tertiary/aromatic N) is 6. The van der Waals surface area contributed by atoms with Gasteiger partial charge in [0.2, 0.25) is 0 Å². The Morgan fingerprint density at radius 3 is 2.47 bits per heavy atom. The summed E-state index contributed by atoms with van der Waals surface area (Å²) in [5, 5.41) is 20.0. The van der Waals surface area contributed by atoms with Gasteiger partial charge in [-0.05, 0) is 28.4 Å². The molecule has 1 fully saturated rings. The van der Waals surface area contributed by atoms with Gasteiger partial charge in [0, 0.05) is 63.3 Å². The molecule has 1 aliphatic heterocycles. The number of halogens is 1. The lowest BCUT2D eigenvalue weighted by atomic mass is 10.1. The highest BCUT2D eigenvalue weighted by atomic mass is 79.9. The molecule has 3 heterocycles. The lowest BCUT2D eigenvalue weighted by molar-refractivity contribution is 0.0940. The maximum Gasteiger partial charge on any atom is 0.410 e. The number of amides is 1. The van der Waals surface area contributed by atoms with E-state index in [9.17, 15) is 9.90 Å². The third-order valence-corrected chi connectivity index (χ3v) is 6.15. The van der Waals surface area contributed by atoms with Crippen molar-refractivity contribution in [2.45, 2.75) is 26.2 Å². The third-order valence-electron chi connectivity index (χ3n) is 5.53. The molecule has 1 unspecified atom stereocenters. The van der Waals surface area contributed by atoms with E-state index in [0.29, 0.717) is 42.9 Å². The minimum absolute atomic E-state index is 0.261. The van der Waals surface area contributed by atoms with Crippen molar-refractivity contribution >= 4 is 27.8 Å². The average Bonchev–Trinajstić information content (AvgIpc) is 3.40. The Morgan fingerprint density at radius 2 is 1.84 bits per heavy atom. The number of aliphatic hydroxyl groups excluding tert-OH is 1. The largest absolute Gasteiger partial charge is 0.445 e. The van der Waals surface area contributed by atoms with Crippen LogP contribution in [0.5, 0.6) is 0 Å². The van der Waals surface area contributed by atoms with Crippen molar-refractivity contribution in [3.8, 4) is 0 Å². The molecule has 0 aliphatic carbocycles. The number of anilines is 1. The molecule has 1 saturated heterocycles. The van der Waals surface area contributed by atoms with Crippen molar-refractivity contribution in [1.82, 2.24) is 24.5 Å². The summed E-state index contributed by atoms with van der Waals surface area (Å²) in [7, 11) is 1.81. The van der Waals surface area contributed by atoms with Gasteiger partial charge in [0.25, 0.3) is 0 Å². The number of hydrogen-bond donors (Lipinski definition) is 1. The summed E-state index contributed by atoms with van der Waals surface area (Å²) in [6.07, 6.45) is 2.50. The van der Waals surface area contributed by atoms with Crippen molar-refractivity contribution in [2.75, 3.05) is 31.1 Å². The van der Waals surface area contributed by atoms with Crippen LogP contribution in [0.25, 0.3) is 0 Å². The van der Waals surface area contributed by atoms with E-state index in [-0.39, 0.29) is 12.7 Å². The molecule has 0 spiro atoms. The molecule has 1 aliphatic rings. The van der Waals surface area contributed by atoms with Crippen LogP contribution in [0.3, 0.4) is 0 Å². The second-order valence-electron chi connectivity index (χ2n) is 7.73. The van der Waals surface area contributed by atoms with Crippen molar-refractivity contribution in [2.24, 2.45) is 7.05 Å². The molecule has 1 atom stereocenters. The Labute approximate surface area is 195 Å². The number of piperazine rings is 1. The van der Waals surface area contributed by atoms with Crippen LogP contribution >= 0.6 is 15.9 Å². The topological polar surface area (TPSA) is 88.7 Å². The van der Waals surface area contributed by atoms with Gasteiger partial charge in [-0.3, -0.25) is 9.36 Å². The highest BCUT2D eigenvalue weighted by molar-refractivity contribution is 9.10. The van der Waals surface area contributed by atoms with Crippen LogP contribution in [-0.4, -0.2) is 61.8 Å². The monoisotopic (exact) mass is 502 g/mol. The fraction of sp³-hybridized carbons (Fsp3) is 0.409. The van der Waals surface area contributed by atoms with Gasteiger partial charge < -0.3 is 19.6 Å². The van der Waals surface area contributed by atoms with Gasteiger partial charge in [-0.2, -0.15) is 10.2 Å². The Balaban J connectivity index is 1.42. The molecule has 170 valence electrons. The van der Waals surface area contributed by atoms with E-state index in [0.717, 1.165) is 16.9 Å². The number of carbonyl (C=O) groups excluding carboxylic acids is 1. The molecule has 4 rings (SSSR count). The zero-order valence-corrected chi connectivity index (χ0v) is 19.8. The maximum absolute atomic E-state index is 12.5. The summed E-state index contributed by atoms with van der Waals surface area (Å²) < 4.78 is 9.54. The van der Waals surface area contributed by atoms with Gasteiger partial charge >= 0.3 is 6.09 Å². The van der Waals surface area contributed by atoms with Crippen LogP contribution in [0.15, 0.2) is 47.3 Å². The maximum atomic E-state index is 12.5. The van der Waals surface area contributed by atoms with Gasteiger partial charge in [0.15, 0.2) is 5.82 Å². The number of hydrogen-bond acceptors (Lipinski definition) is 6. The molecule has 32 heavy (non-hydrogen) atoms. The van der Waals surface area contributed by atoms with E-state index in [2.05, 4.69) is 31.0 Å². The predicted molar refractivity (Wildman–Crippen MR) is 123 cm³/mol. The van der Waals surface area contributed by atoms with Gasteiger partial charge in [-0.15, -0.1) is 0 Å². The molecule has 0 radical (unpaired) electrons. The highest BCUT2D eigenvalue weighted by Crippen LogP contribution is 2.33. The summed E-state index contributed by atoms with van der Waals surface area (Å²) in [6, 6.07) is 9.65. The number of ether oxygens (including phenoxy) is 1. The van der Waals surface area contributed by atoms with Crippen molar-refractivity contribution < 1.29 is 14.6 Å². The first-order chi connectivity index (χ1) is 15.5. The van der Waals surface area contributed by atoms with Crippen molar-refractivity contribution in [3.05, 3.63) is 64.0 Å². The van der Waals surface area contributed by atoms with Crippen LogP contribution in [0.1, 0.15) is 29.7 Å². The standard InChI is InChI=1S/C22H27BrN6O3/c1-3-29-14-18(19(30)17-13-26(2)24-20(17)23)21(25-29)27-9-11-28(12-10-27)22(31)32-15-16-7-5-4-6-8-16/h4-8,13-14,19,30H,3,9-12,15H2,1-2H3. The molecule has 1 amide bonds. The summed E-state index contributed by atoms with van der Waals surface area (Å²) in [5.74, 6) is 0.729. The van der Waals surface area contributed by atoms with Gasteiger partial charge in [0.05, 0.1) is 0 Å². The lowest BCUT2D eigenvalue weighted by Crippen LogP contribution is -2.49. The van der Waals surface area contributed by atoms with Gasteiger partial charge in [-0.25, -0.2) is 4.79 Å². The summed E-state index contributed by atoms with van der Waals surface area (Å²) >= 11 is 3.42. The van der Waals surface area contributed by atoms with E-state index in [1.807, 2.05) is 55.2 Å². The number of benzene rings is 1. The summed E-state index contributed by atoms with van der Waals surface area (Å²) in [5.41, 5.74) is 2.37. The van der Waals surface area contributed by atoms with E-state index < -0.39 is 6.10 Å². The molecule has 3 aromatic rings. The first-order valence-corrected chi connectivity index (χ1v) is 11.4. The van der Waals surface area contributed by atoms with Crippen LogP contribution < -0.4 is 4.90 Å². The van der Waals surface area contributed by atoms with Crippen LogP contribution in [0.2, 0.25) is 0 Å². The van der Waals surface area contributed by atoms with Crippen LogP contribution in [-0.2, 0) is 24.9 Å². The predicted octanol–water partition coefficient (Wildman–Crippen LogP) is 2.94. The zero-order chi connectivity index (χ0) is 22.7. The first-order valence-electron chi connectivity index (χ1n) is 10.6. The van der Waals surface area contributed by atoms with E-state index in [1.54, 1.807) is 15.8 Å². The molecule has 9 nitrogen and oxygen atoms in total. The number of aromatic nitrogens is 4. The molecule has 2 aromatic heterocycles. The number of aryl methyl sites for hydroxylation is 2. The second-order valence-corrected chi connectivity index (χ2v) is 8.48.